The summed E-state index contributed by atoms with van der Waals surface area (Å²) in [6.45, 7) is -0.553. The first-order valence-corrected chi connectivity index (χ1v) is 10.0. The van der Waals surface area contributed by atoms with Gasteiger partial charge in [0, 0.05) is 0 Å². The summed E-state index contributed by atoms with van der Waals surface area (Å²) < 4.78 is 11.6. The lowest BCUT2D eigenvalue weighted by Crippen LogP contribution is -2.22. The van der Waals surface area contributed by atoms with Gasteiger partial charge in [-0.05, 0) is 24.3 Å². The van der Waals surface area contributed by atoms with Crippen LogP contribution in [0.5, 0.6) is 5.75 Å². The van der Waals surface area contributed by atoms with Crippen molar-refractivity contribution in [3.05, 3.63) is 52.6 Å². The second kappa shape index (κ2) is 9.34. The van der Waals surface area contributed by atoms with Gasteiger partial charge in [-0.2, -0.15) is 0 Å². The van der Waals surface area contributed by atoms with E-state index in [-0.39, 0.29) is 22.9 Å². The molecule has 0 unspecified atom stereocenters. The van der Waals surface area contributed by atoms with Crippen LogP contribution in [-0.4, -0.2) is 41.3 Å². The number of benzene rings is 2. The van der Waals surface area contributed by atoms with Gasteiger partial charge < -0.3 is 14.8 Å². The topological polar surface area (TPSA) is 121 Å². The van der Waals surface area contributed by atoms with Gasteiger partial charge in [-0.25, -0.2) is 4.98 Å². The number of anilines is 1. The molecule has 150 valence electrons. The number of thiazole rings is 1. The van der Waals surface area contributed by atoms with Crippen LogP contribution < -0.4 is 10.1 Å². The molecule has 11 heteroatoms. The number of hydrogen-bond acceptors (Lipinski definition) is 9. The Morgan fingerprint density at radius 3 is 2.79 bits per heavy atom. The first-order valence-electron chi connectivity index (χ1n) is 8.22. The van der Waals surface area contributed by atoms with Gasteiger partial charge in [0.15, 0.2) is 10.9 Å². The molecule has 3 aromatic rings. The Labute approximate surface area is 173 Å². The maximum atomic E-state index is 12.0. The number of fused-ring (bicyclic) bond motifs is 1. The Morgan fingerprint density at radius 2 is 2.07 bits per heavy atom. The normalized spacial score (nSPS) is 10.5. The van der Waals surface area contributed by atoms with E-state index in [9.17, 15) is 19.7 Å². The molecular weight excluding hydrogens is 418 g/mol. The number of thioether (sulfide) groups is 1. The lowest BCUT2D eigenvalue weighted by Gasteiger charge is -2.08. The second-order valence-electron chi connectivity index (χ2n) is 5.59. The highest BCUT2D eigenvalue weighted by Gasteiger charge is 2.18. The Balaban J connectivity index is 1.50. The van der Waals surface area contributed by atoms with Gasteiger partial charge in [0.1, 0.15) is 11.4 Å². The predicted octanol–water partition coefficient (Wildman–Crippen LogP) is 3.49. The number of nitro benzene ring substituents is 1. The van der Waals surface area contributed by atoms with Crippen LogP contribution in [0.1, 0.15) is 0 Å². The summed E-state index contributed by atoms with van der Waals surface area (Å²) in [7, 11) is 1.38. The van der Waals surface area contributed by atoms with E-state index >= 15 is 0 Å². The maximum absolute atomic E-state index is 12.0. The fourth-order valence-corrected chi connectivity index (χ4v) is 4.17. The summed E-state index contributed by atoms with van der Waals surface area (Å²) in [6, 6.07) is 11.6. The van der Waals surface area contributed by atoms with Crippen molar-refractivity contribution in [3.8, 4) is 5.75 Å². The molecule has 0 aliphatic rings. The number of hydrogen-bond donors (Lipinski definition) is 1. The van der Waals surface area contributed by atoms with E-state index in [1.807, 2.05) is 24.3 Å². The monoisotopic (exact) mass is 433 g/mol. The van der Waals surface area contributed by atoms with E-state index in [1.165, 1.54) is 48.4 Å². The number of nitrogens with one attached hydrogen (secondary N) is 1. The van der Waals surface area contributed by atoms with E-state index in [0.717, 1.165) is 14.6 Å². The highest BCUT2D eigenvalue weighted by Crippen LogP contribution is 2.30. The number of para-hydroxylation sites is 1. The third kappa shape index (κ3) is 5.42. The van der Waals surface area contributed by atoms with Crippen LogP contribution in [0.15, 0.2) is 46.8 Å². The maximum Gasteiger partial charge on any atom is 0.316 e. The summed E-state index contributed by atoms with van der Waals surface area (Å²) in [5.74, 6) is -0.992. The van der Waals surface area contributed by atoms with Crippen LogP contribution in [0.2, 0.25) is 0 Å². The molecule has 9 nitrogen and oxygen atoms in total. The Morgan fingerprint density at radius 1 is 1.28 bits per heavy atom. The minimum Gasteiger partial charge on any atom is -0.496 e. The van der Waals surface area contributed by atoms with Gasteiger partial charge in [0.2, 0.25) is 0 Å². The van der Waals surface area contributed by atoms with Crippen molar-refractivity contribution in [3.63, 3.8) is 0 Å². The van der Waals surface area contributed by atoms with Gasteiger partial charge in [0.25, 0.3) is 11.6 Å². The molecule has 1 N–H and O–H groups in total. The molecule has 1 heterocycles. The molecule has 3 rings (SSSR count). The molecule has 1 amide bonds. The van der Waals surface area contributed by atoms with Gasteiger partial charge in [0.05, 0.1) is 34.1 Å². The third-order valence-corrected chi connectivity index (χ3v) is 5.78. The quantitative estimate of drug-likeness (QED) is 0.248. The van der Waals surface area contributed by atoms with Crippen molar-refractivity contribution >= 4 is 56.6 Å². The first-order chi connectivity index (χ1) is 14.0. The Kier molecular flexibility index (Phi) is 6.62. The SMILES string of the molecule is COc1ccc(NC(=O)COC(=O)CSc2nc3ccccc3s2)c([N+](=O)[O-])c1. The molecule has 0 radical (unpaired) electrons. The third-order valence-electron chi connectivity index (χ3n) is 3.63. The van der Waals surface area contributed by atoms with Crippen molar-refractivity contribution < 1.29 is 24.0 Å². The van der Waals surface area contributed by atoms with Gasteiger partial charge in [-0.3, -0.25) is 19.7 Å². The molecule has 0 saturated carbocycles. The summed E-state index contributed by atoms with van der Waals surface area (Å²) in [5.41, 5.74) is 0.518. The highest BCUT2D eigenvalue weighted by molar-refractivity contribution is 8.01. The molecule has 2 aromatic carbocycles. The van der Waals surface area contributed by atoms with E-state index in [0.29, 0.717) is 0 Å². The smallest absolute Gasteiger partial charge is 0.316 e. The van der Waals surface area contributed by atoms with Crippen molar-refractivity contribution in [2.24, 2.45) is 0 Å². The first kappa shape index (κ1) is 20.6. The number of carbonyl (C=O) groups is 2. The zero-order valence-corrected chi connectivity index (χ0v) is 16.7. The van der Waals surface area contributed by atoms with Gasteiger partial charge >= 0.3 is 5.97 Å². The van der Waals surface area contributed by atoms with Gasteiger partial charge in [-0.1, -0.05) is 23.9 Å². The molecule has 0 fully saturated rings. The fourth-order valence-electron chi connectivity index (χ4n) is 2.30. The number of carbonyl (C=O) groups excluding carboxylic acids is 2. The Bertz CT molecular complexity index is 1040. The largest absolute Gasteiger partial charge is 0.496 e. The van der Waals surface area contributed by atoms with Crippen LogP contribution in [0, 0.1) is 10.1 Å². The molecule has 1 aromatic heterocycles. The van der Waals surface area contributed by atoms with E-state index in [2.05, 4.69) is 10.3 Å². The van der Waals surface area contributed by atoms with E-state index < -0.39 is 23.4 Å². The summed E-state index contributed by atoms with van der Waals surface area (Å²) >= 11 is 2.68. The minimum atomic E-state index is -0.684. The molecule has 0 saturated heterocycles. The standard InChI is InChI=1S/C18H15N3O6S2/c1-26-11-6-7-12(14(8-11)21(24)25)19-16(22)9-27-17(23)10-28-18-20-13-4-2-3-5-15(13)29-18/h2-8H,9-10H2,1H3,(H,19,22). The molecule has 0 aliphatic heterocycles. The molecule has 0 aliphatic carbocycles. The molecule has 0 spiro atoms. The predicted molar refractivity (Wildman–Crippen MR) is 110 cm³/mol. The van der Waals surface area contributed by atoms with Crippen LogP contribution in [0.4, 0.5) is 11.4 Å². The van der Waals surface area contributed by atoms with Crippen LogP contribution in [0.3, 0.4) is 0 Å². The zero-order valence-electron chi connectivity index (χ0n) is 15.1. The minimum absolute atomic E-state index is 0.00418. The highest BCUT2D eigenvalue weighted by atomic mass is 32.2. The summed E-state index contributed by atoms with van der Waals surface area (Å²) in [5, 5.41) is 13.5. The summed E-state index contributed by atoms with van der Waals surface area (Å²) in [6.07, 6.45) is 0. The number of nitrogens with zero attached hydrogens (tertiary/aromatic N) is 2. The van der Waals surface area contributed by atoms with Crippen LogP contribution in [0.25, 0.3) is 10.2 Å². The molecule has 0 atom stereocenters. The Hall–Kier alpha value is -3.18. The average Bonchev–Trinajstić information content (AvgIpc) is 3.14. The number of rotatable bonds is 8. The number of methoxy groups -OCH3 is 1. The lowest BCUT2D eigenvalue weighted by atomic mass is 10.2. The number of esters is 1. The number of amides is 1. The number of aromatic nitrogens is 1. The average molecular weight is 433 g/mol. The van der Waals surface area contributed by atoms with Crippen molar-refractivity contribution in [1.29, 1.82) is 0 Å². The lowest BCUT2D eigenvalue weighted by molar-refractivity contribution is -0.384. The second-order valence-corrected chi connectivity index (χ2v) is 7.84. The van der Waals surface area contributed by atoms with Crippen molar-refractivity contribution in [1.82, 2.24) is 4.98 Å². The molecule has 0 bridgehead atoms. The zero-order chi connectivity index (χ0) is 20.8. The van der Waals surface area contributed by atoms with E-state index in [4.69, 9.17) is 9.47 Å². The van der Waals surface area contributed by atoms with Gasteiger partial charge in [-0.15, -0.1) is 11.3 Å². The van der Waals surface area contributed by atoms with Crippen LogP contribution in [-0.2, 0) is 14.3 Å². The fraction of sp³-hybridized carbons (Fsp3) is 0.167. The van der Waals surface area contributed by atoms with Crippen molar-refractivity contribution in [2.45, 2.75) is 4.34 Å². The summed E-state index contributed by atoms with van der Waals surface area (Å²) in [4.78, 5) is 38.7. The van der Waals surface area contributed by atoms with Crippen LogP contribution >= 0.6 is 23.1 Å². The van der Waals surface area contributed by atoms with E-state index in [1.54, 1.807) is 0 Å². The number of nitro groups is 1. The van der Waals surface area contributed by atoms with Crippen molar-refractivity contribution in [2.75, 3.05) is 24.8 Å². The number of ether oxygens (including phenoxy) is 2. The molecule has 29 heavy (non-hydrogen) atoms. The molecular formula is C18H15N3O6S2.